The van der Waals surface area contributed by atoms with Crippen LogP contribution in [0.1, 0.15) is 48.8 Å². The monoisotopic (exact) mass is 266 g/mol. The third-order valence-corrected chi connectivity index (χ3v) is 3.57. The second-order valence-corrected chi connectivity index (χ2v) is 5.07. The van der Waals surface area contributed by atoms with Gasteiger partial charge in [0.25, 0.3) is 0 Å². The summed E-state index contributed by atoms with van der Waals surface area (Å²) in [5.41, 5.74) is 0.874. The van der Waals surface area contributed by atoms with Crippen LogP contribution >= 0.6 is 0 Å². The summed E-state index contributed by atoms with van der Waals surface area (Å²) in [6.45, 7) is 6.24. The van der Waals surface area contributed by atoms with Crippen molar-refractivity contribution in [1.29, 1.82) is 0 Å². The summed E-state index contributed by atoms with van der Waals surface area (Å²) in [6.07, 6.45) is 5.22. The van der Waals surface area contributed by atoms with Crippen LogP contribution in [0.2, 0.25) is 0 Å². The second-order valence-electron chi connectivity index (χ2n) is 5.07. The van der Waals surface area contributed by atoms with Crippen LogP contribution in [0.25, 0.3) is 0 Å². The summed E-state index contributed by atoms with van der Waals surface area (Å²) in [4.78, 5) is 13.5. The lowest BCUT2D eigenvalue weighted by Gasteiger charge is -2.14. The van der Waals surface area contributed by atoms with Gasteiger partial charge in [-0.25, -0.2) is 9.48 Å². The van der Waals surface area contributed by atoms with Crippen LogP contribution in [0.4, 0.5) is 0 Å². The Bertz CT molecular complexity index is 424. The minimum absolute atomic E-state index is 0.114. The Kier molecular flexibility index (Phi) is 4.90. The van der Waals surface area contributed by atoms with Crippen LogP contribution in [-0.2, 0) is 13.0 Å². The molecule has 1 aliphatic rings. The van der Waals surface area contributed by atoms with Gasteiger partial charge < -0.3 is 10.0 Å². The quantitative estimate of drug-likeness (QED) is 0.808. The van der Waals surface area contributed by atoms with Gasteiger partial charge in [0.2, 0.25) is 0 Å². The number of rotatable bonds is 7. The Morgan fingerprint density at radius 1 is 1.32 bits per heavy atom. The van der Waals surface area contributed by atoms with Gasteiger partial charge in [-0.2, -0.15) is 0 Å². The number of carbonyl (C=O) groups is 1. The van der Waals surface area contributed by atoms with Crippen molar-refractivity contribution in [2.24, 2.45) is 0 Å². The fourth-order valence-electron chi connectivity index (χ4n) is 2.61. The van der Waals surface area contributed by atoms with E-state index >= 15 is 0 Å². The van der Waals surface area contributed by atoms with Gasteiger partial charge in [0.05, 0.1) is 5.69 Å². The first kappa shape index (κ1) is 14.0. The van der Waals surface area contributed by atoms with E-state index in [1.54, 1.807) is 4.68 Å². The van der Waals surface area contributed by atoms with Crippen molar-refractivity contribution in [2.45, 2.75) is 45.6 Å². The number of hydrogen-bond acceptors (Lipinski definition) is 4. The number of aromatic nitrogens is 3. The highest BCUT2D eigenvalue weighted by Crippen LogP contribution is 2.11. The maximum absolute atomic E-state index is 11.1. The molecule has 2 heterocycles. The van der Waals surface area contributed by atoms with Gasteiger partial charge in [0.1, 0.15) is 0 Å². The third kappa shape index (κ3) is 3.53. The first-order valence-electron chi connectivity index (χ1n) is 7.10. The van der Waals surface area contributed by atoms with Gasteiger partial charge in [-0.15, -0.1) is 5.10 Å². The van der Waals surface area contributed by atoms with E-state index in [0.29, 0.717) is 0 Å². The van der Waals surface area contributed by atoms with Crippen molar-refractivity contribution in [1.82, 2.24) is 19.9 Å². The zero-order chi connectivity index (χ0) is 13.7. The van der Waals surface area contributed by atoms with Crippen LogP contribution in [0.5, 0.6) is 0 Å². The number of aromatic carboxylic acids is 1. The molecule has 6 heteroatoms. The largest absolute Gasteiger partial charge is 0.476 e. The Labute approximate surface area is 113 Å². The molecule has 1 N–H and O–H groups in total. The molecular weight excluding hydrogens is 244 g/mol. The number of hydrogen-bond donors (Lipinski definition) is 1. The molecule has 0 aliphatic carbocycles. The van der Waals surface area contributed by atoms with E-state index in [2.05, 4.69) is 15.2 Å². The smallest absolute Gasteiger partial charge is 0.358 e. The summed E-state index contributed by atoms with van der Waals surface area (Å²) in [7, 11) is 0. The van der Waals surface area contributed by atoms with Crippen molar-refractivity contribution in [3.63, 3.8) is 0 Å². The Morgan fingerprint density at radius 2 is 2.05 bits per heavy atom. The van der Waals surface area contributed by atoms with E-state index in [1.165, 1.54) is 25.9 Å². The molecule has 0 amide bonds. The zero-order valence-corrected chi connectivity index (χ0v) is 11.5. The molecule has 1 fully saturated rings. The van der Waals surface area contributed by atoms with E-state index in [1.807, 2.05) is 6.92 Å². The second kappa shape index (κ2) is 6.65. The van der Waals surface area contributed by atoms with Crippen molar-refractivity contribution in [3.8, 4) is 0 Å². The molecule has 2 rings (SSSR count). The molecule has 1 saturated heterocycles. The highest BCUT2D eigenvalue weighted by molar-refractivity contribution is 5.86. The molecule has 19 heavy (non-hydrogen) atoms. The predicted molar refractivity (Wildman–Crippen MR) is 71.3 cm³/mol. The van der Waals surface area contributed by atoms with Gasteiger partial charge >= 0.3 is 5.97 Å². The molecule has 1 aromatic heterocycles. The van der Waals surface area contributed by atoms with Crippen molar-refractivity contribution < 1.29 is 9.90 Å². The predicted octanol–water partition coefficient (Wildman–Crippen LogP) is 1.41. The fourth-order valence-corrected chi connectivity index (χ4v) is 2.61. The number of carboxylic acid groups (broad SMARTS) is 1. The zero-order valence-electron chi connectivity index (χ0n) is 11.5. The molecule has 0 atom stereocenters. The molecule has 1 aromatic rings. The molecule has 0 radical (unpaired) electrons. The maximum Gasteiger partial charge on any atom is 0.358 e. The van der Waals surface area contributed by atoms with E-state index in [-0.39, 0.29) is 5.69 Å². The van der Waals surface area contributed by atoms with Gasteiger partial charge in [-0.05, 0) is 45.3 Å². The van der Waals surface area contributed by atoms with Crippen LogP contribution < -0.4 is 0 Å². The molecule has 0 bridgehead atoms. The molecule has 1 aliphatic heterocycles. The normalized spacial score (nSPS) is 16.1. The summed E-state index contributed by atoms with van der Waals surface area (Å²) < 4.78 is 1.77. The first-order chi connectivity index (χ1) is 9.22. The summed E-state index contributed by atoms with van der Waals surface area (Å²) >= 11 is 0. The minimum Gasteiger partial charge on any atom is -0.476 e. The molecule has 0 spiro atoms. The van der Waals surface area contributed by atoms with Crippen molar-refractivity contribution in [2.75, 3.05) is 19.6 Å². The standard InChI is InChI=1S/C13H22N4O2/c1-2-6-11-12(13(18)19)14-15-17(11)10-5-9-16-7-3-4-8-16/h2-10H2,1H3,(H,18,19). The minimum atomic E-state index is -0.978. The molecule has 0 unspecified atom stereocenters. The van der Waals surface area contributed by atoms with Crippen molar-refractivity contribution >= 4 is 5.97 Å². The van der Waals surface area contributed by atoms with Crippen molar-refractivity contribution in [3.05, 3.63) is 11.4 Å². The van der Waals surface area contributed by atoms with Crippen LogP contribution in [-0.4, -0.2) is 50.6 Å². The summed E-state index contributed by atoms with van der Waals surface area (Å²) in [6, 6.07) is 0. The lowest BCUT2D eigenvalue weighted by Crippen LogP contribution is -2.22. The van der Waals surface area contributed by atoms with E-state index in [0.717, 1.165) is 38.0 Å². The maximum atomic E-state index is 11.1. The molecule has 0 saturated carbocycles. The van der Waals surface area contributed by atoms with E-state index < -0.39 is 5.97 Å². The van der Waals surface area contributed by atoms with Crippen LogP contribution in [0.3, 0.4) is 0 Å². The summed E-state index contributed by atoms with van der Waals surface area (Å²) in [5.74, 6) is -0.978. The Balaban J connectivity index is 1.92. The lowest BCUT2D eigenvalue weighted by atomic mass is 10.2. The molecule has 106 valence electrons. The Morgan fingerprint density at radius 3 is 2.68 bits per heavy atom. The van der Waals surface area contributed by atoms with Crippen LogP contribution in [0, 0.1) is 0 Å². The number of carboxylic acids is 1. The number of aryl methyl sites for hydroxylation is 1. The average Bonchev–Trinajstić information content (AvgIpc) is 3.00. The highest BCUT2D eigenvalue weighted by atomic mass is 16.4. The summed E-state index contributed by atoms with van der Waals surface area (Å²) in [5, 5.41) is 16.9. The highest BCUT2D eigenvalue weighted by Gasteiger charge is 2.18. The van der Waals surface area contributed by atoms with Gasteiger partial charge in [0.15, 0.2) is 5.69 Å². The Hall–Kier alpha value is -1.43. The molecule has 6 nitrogen and oxygen atoms in total. The van der Waals surface area contributed by atoms with E-state index in [4.69, 9.17) is 5.11 Å². The third-order valence-electron chi connectivity index (χ3n) is 3.57. The average molecular weight is 266 g/mol. The molecular formula is C13H22N4O2. The fraction of sp³-hybridized carbons (Fsp3) is 0.769. The lowest BCUT2D eigenvalue weighted by molar-refractivity contribution is 0.0689. The van der Waals surface area contributed by atoms with Gasteiger partial charge in [0, 0.05) is 6.54 Å². The van der Waals surface area contributed by atoms with Crippen LogP contribution in [0.15, 0.2) is 0 Å². The van der Waals surface area contributed by atoms with E-state index in [9.17, 15) is 4.79 Å². The first-order valence-corrected chi connectivity index (χ1v) is 7.10. The van der Waals surface area contributed by atoms with Gasteiger partial charge in [-0.1, -0.05) is 18.6 Å². The van der Waals surface area contributed by atoms with Gasteiger partial charge in [-0.3, -0.25) is 0 Å². The number of likely N-dealkylation sites (tertiary alicyclic amines) is 1. The topological polar surface area (TPSA) is 71.2 Å². The SMILES string of the molecule is CCCc1c(C(=O)O)nnn1CCCN1CCCC1. The number of nitrogens with zero attached hydrogens (tertiary/aromatic N) is 4. The molecule has 0 aromatic carbocycles.